The van der Waals surface area contributed by atoms with Crippen LogP contribution >= 0.6 is 0 Å². The summed E-state index contributed by atoms with van der Waals surface area (Å²) in [5, 5.41) is 6.92. The minimum atomic E-state index is -0.256. The summed E-state index contributed by atoms with van der Waals surface area (Å²) in [7, 11) is 0. The highest BCUT2D eigenvalue weighted by Gasteiger charge is 2.19. The molecule has 1 aliphatic heterocycles. The number of nitrogens with one attached hydrogen (secondary N) is 3. The summed E-state index contributed by atoms with van der Waals surface area (Å²) in [6.07, 6.45) is 0.923. The fourth-order valence-corrected chi connectivity index (χ4v) is 2.43. The molecule has 3 rings (SSSR count). The molecule has 1 aromatic carbocycles. The van der Waals surface area contributed by atoms with Crippen LogP contribution in [0.5, 0.6) is 0 Å². The van der Waals surface area contributed by atoms with E-state index in [4.69, 9.17) is 0 Å². The quantitative estimate of drug-likeness (QED) is 0.738. The van der Waals surface area contributed by atoms with E-state index in [1.54, 1.807) is 6.07 Å². The third-order valence-electron chi connectivity index (χ3n) is 3.39. The molecule has 2 aromatic rings. The minimum Gasteiger partial charge on any atom is -0.348 e. The van der Waals surface area contributed by atoms with Crippen LogP contribution in [0.3, 0.4) is 0 Å². The number of para-hydroxylation sites is 1. The summed E-state index contributed by atoms with van der Waals surface area (Å²) in [6.45, 7) is 1.70. The lowest BCUT2D eigenvalue weighted by Crippen LogP contribution is -2.36. The predicted molar refractivity (Wildman–Crippen MR) is 73.3 cm³/mol. The van der Waals surface area contributed by atoms with E-state index in [-0.39, 0.29) is 17.5 Å². The number of carbonyl (C=O) groups excluding carboxylic acids is 1. The molecule has 5 nitrogen and oxygen atoms in total. The zero-order chi connectivity index (χ0) is 13.2. The van der Waals surface area contributed by atoms with E-state index < -0.39 is 0 Å². The Bertz CT molecular complexity index is 672. The molecule has 1 amide bonds. The third-order valence-corrected chi connectivity index (χ3v) is 3.39. The number of pyridine rings is 1. The monoisotopic (exact) mass is 257 g/mol. The zero-order valence-corrected chi connectivity index (χ0v) is 10.4. The average Bonchev–Trinajstić information content (AvgIpc) is 2.90. The second-order valence-corrected chi connectivity index (χ2v) is 4.76. The molecule has 0 spiro atoms. The van der Waals surface area contributed by atoms with Crippen LogP contribution in [0.15, 0.2) is 35.1 Å². The first-order valence-corrected chi connectivity index (χ1v) is 6.38. The first-order chi connectivity index (χ1) is 9.24. The summed E-state index contributed by atoms with van der Waals surface area (Å²) < 4.78 is 0. The Morgan fingerprint density at radius 1 is 1.32 bits per heavy atom. The molecule has 1 fully saturated rings. The van der Waals surface area contributed by atoms with Crippen LogP contribution in [0, 0.1) is 0 Å². The van der Waals surface area contributed by atoms with Gasteiger partial charge in [0.1, 0.15) is 0 Å². The zero-order valence-electron chi connectivity index (χ0n) is 10.4. The molecule has 0 unspecified atom stereocenters. The molecule has 0 saturated carbocycles. The third kappa shape index (κ3) is 2.37. The van der Waals surface area contributed by atoms with Crippen molar-refractivity contribution >= 4 is 16.8 Å². The molecule has 2 heterocycles. The molecule has 1 aromatic heterocycles. The Balaban J connectivity index is 1.98. The first kappa shape index (κ1) is 11.9. The Labute approximate surface area is 110 Å². The first-order valence-electron chi connectivity index (χ1n) is 6.38. The number of carbonyl (C=O) groups is 1. The van der Waals surface area contributed by atoms with Gasteiger partial charge in [0, 0.05) is 29.6 Å². The molecular formula is C14H15N3O2. The minimum absolute atomic E-state index is 0.144. The van der Waals surface area contributed by atoms with E-state index in [1.807, 2.05) is 18.2 Å². The standard InChI is InChI=1S/C14H15N3O2/c18-13-7-11(10-3-1-2-4-12(10)17-13)14(19)16-9-5-6-15-8-9/h1-4,7,9,15H,5-6,8H2,(H,16,19)(H,17,18)/t9-/m1/s1. The van der Waals surface area contributed by atoms with Crippen molar-refractivity contribution < 1.29 is 4.79 Å². The fraction of sp³-hybridized carbons (Fsp3) is 0.286. The van der Waals surface area contributed by atoms with Crippen molar-refractivity contribution in [3.8, 4) is 0 Å². The van der Waals surface area contributed by atoms with Crippen LogP contribution < -0.4 is 16.2 Å². The molecule has 3 N–H and O–H groups in total. The number of hydrogen-bond donors (Lipinski definition) is 3. The maximum Gasteiger partial charge on any atom is 0.252 e. The molecule has 5 heteroatoms. The number of aromatic nitrogens is 1. The maximum absolute atomic E-state index is 12.3. The molecule has 1 atom stereocenters. The van der Waals surface area contributed by atoms with Gasteiger partial charge in [0.05, 0.1) is 5.56 Å². The number of fused-ring (bicyclic) bond motifs is 1. The molecule has 0 bridgehead atoms. The van der Waals surface area contributed by atoms with Gasteiger partial charge in [-0.05, 0) is 19.0 Å². The largest absolute Gasteiger partial charge is 0.348 e. The van der Waals surface area contributed by atoms with Gasteiger partial charge in [-0.1, -0.05) is 18.2 Å². The van der Waals surface area contributed by atoms with E-state index >= 15 is 0 Å². The molecule has 1 aliphatic rings. The summed E-state index contributed by atoms with van der Waals surface area (Å²) >= 11 is 0. The lowest BCUT2D eigenvalue weighted by molar-refractivity contribution is 0.0941. The molecule has 0 aliphatic carbocycles. The van der Waals surface area contributed by atoms with Crippen LogP contribution in [0.1, 0.15) is 16.8 Å². The van der Waals surface area contributed by atoms with Crippen molar-refractivity contribution in [3.05, 3.63) is 46.2 Å². The van der Waals surface area contributed by atoms with Gasteiger partial charge in [0.15, 0.2) is 0 Å². The average molecular weight is 257 g/mol. The van der Waals surface area contributed by atoms with Crippen molar-refractivity contribution in [3.63, 3.8) is 0 Å². The lowest BCUT2D eigenvalue weighted by atomic mass is 10.1. The van der Waals surface area contributed by atoms with Gasteiger partial charge in [-0.3, -0.25) is 9.59 Å². The van der Waals surface area contributed by atoms with Gasteiger partial charge in [-0.25, -0.2) is 0 Å². The van der Waals surface area contributed by atoms with E-state index in [0.717, 1.165) is 24.9 Å². The predicted octanol–water partition coefficient (Wildman–Crippen LogP) is 0.620. The van der Waals surface area contributed by atoms with Gasteiger partial charge in [-0.2, -0.15) is 0 Å². The Hall–Kier alpha value is -2.14. The van der Waals surface area contributed by atoms with E-state index in [9.17, 15) is 9.59 Å². The Morgan fingerprint density at radius 3 is 2.95 bits per heavy atom. The number of aromatic amines is 1. The number of amides is 1. The van der Waals surface area contributed by atoms with Crippen molar-refractivity contribution in [2.75, 3.05) is 13.1 Å². The smallest absolute Gasteiger partial charge is 0.252 e. The number of H-pyrrole nitrogens is 1. The summed E-state index contributed by atoms with van der Waals surface area (Å²) in [5.41, 5.74) is 0.865. The highest BCUT2D eigenvalue weighted by atomic mass is 16.2. The second kappa shape index (κ2) is 4.85. The molecule has 98 valence electrons. The lowest BCUT2D eigenvalue weighted by Gasteiger charge is -2.12. The van der Waals surface area contributed by atoms with E-state index in [0.29, 0.717) is 11.1 Å². The van der Waals surface area contributed by atoms with Crippen LogP contribution in [-0.2, 0) is 0 Å². The van der Waals surface area contributed by atoms with Crippen LogP contribution in [-0.4, -0.2) is 30.0 Å². The van der Waals surface area contributed by atoms with E-state index in [1.165, 1.54) is 6.07 Å². The van der Waals surface area contributed by atoms with Gasteiger partial charge in [-0.15, -0.1) is 0 Å². The van der Waals surface area contributed by atoms with Gasteiger partial charge in [0.2, 0.25) is 5.56 Å². The van der Waals surface area contributed by atoms with Gasteiger partial charge in [0.25, 0.3) is 5.91 Å². The van der Waals surface area contributed by atoms with Crippen molar-refractivity contribution in [2.24, 2.45) is 0 Å². The summed E-state index contributed by atoms with van der Waals surface area (Å²) in [5.74, 6) is -0.184. The number of hydrogen-bond acceptors (Lipinski definition) is 3. The van der Waals surface area contributed by atoms with Gasteiger partial charge >= 0.3 is 0 Å². The normalized spacial score (nSPS) is 18.6. The highest BCUT2D eigenvalue weighted by Crippen LogP contribution is 2.14. The molecule has 19 heavy (non-hydrogen) atoms. The maximum atomic E-state index is 12.3. The van der Waals surface area contributed by atoms with Crippen molar-refractivity contribution in [1.82, 2.24) is 15.6 Å². The van der Waals surface area contributed by atoms with Gasteiger partial charge < -0.3 is 15.6 Å². The second-order valence-electron chi connectivity index (χ2n) is 4.76. The van der Waals surface area contributed by atoms with E-state index in [2.05, 4.69) is 15.6 Å². The molecule has 0 radical (unpaired) electrons. The van der Waals surface area contributed by atoms with Crippen LogP contribution in [0.2, 0.25) is 0 Å². The van der Waals surface area contributed by atoms with Crippen molar-refractivity contribution in [1.29, 1.82) is 0 Å². The molecular weight excluding hydrogens is 242 g/mol. The van der Waals surface area contributed by atoms with Crippen LogP contribution in [0.4, 0.5) is 0 Å². The fourth-order valence-electron chi connectivity index (χ4n) is 2.43. The number of benzene rings is 1. The Morgan fingerprint density at radius 2 is 2.16 bits per heavy atom. The number of rotatable bonds is 2. The van der Waals surface area contributed by atoms with Crippen LogP contribution in [0.25, 0.3) is 10.9 Å². The molecule has 1 saturated heterocycles. The Kier molecular flexibility index (Phi) is 3.05. The SMILES string of the molecule is O=C(N[C@@H]1CCNC1)c1cc(=O)[nH]c2ccccc12. The summed E-state index contributed by atoms with van der Waals surface area (Å²) in [4.78, 5) is 26.6. The van der Waals surface area contributed by atoms with Crippen molar-refractivity contribution in [2.45, 2.75) is 12.5 Å². The summed E-state index contributed by atoms with van der Waals surface area (Å²) in [6, 6.07) is 8.83. The highest BCUT2D eigenvalue weighted by molar-refractivity contribution is 6.06. The topological polar surface area (TPSA) is 74.0 Å².